The first kappa shape index (κ1) is 16.8. The zero-order valence-electron chi connectivity index (χ0n) is 10.6. The van der Waals surface area contributed by atoms with Gasteiger partial charge < -0.3 is 14.8 Å². The van der Waals surface area contributed by atoms with Crippen LogP contribution in [0.15, 0.2) is 22.7 Å². The van der Waals surface area contributed by atoms with E-state index in [4.69, 9.17) is 4.74 Å². The molecule has 1 amide bonds. The van der Waals surface area contributed by atoms with E-state index in [1.807, 2.05) is 0 Å². The number of halogens is 4. The topological polar surface area (TPSA) is 47.6 Å². The van der Waals surface area contributed by atoms with E-state index >= 15 is 0 Å². The molecular weight excluding hydrogens is 343 g/mol. The lowest BCUT2D eigenvalue weighted by Gasteiger charge is -2.10. The van der Waals surface area contributed by atoms with Gasteiger partial charge >= 0.3 is 6.18 Å². The molecule has 0 heterocycles. The van der Waals surface area contributed by atoms with Gasteiger partial charge in [-0.1, -0.05) is 0 Å². The van der Waals surface area contributed by atoms with Crippen molar-refractivity contribution in [3.8, 4) is 5.75 Å². The lowest BCUT2D eigenvalue weighted by Crippen LogP contribution is -2.29. The molecule has 0 saturated heterocycles. The van der Waals surface area contributed by atoms with Crippen molar-refractivity contribution in [3.63, 3.8) is 0 Å². The molecule has 1 aromatic rings. The van der Waals surface area contributed by atoms with E-state index in [0.717, 1.165) is 0 Å². The van der Waals surface area contributed by atoms with Gasteiger partial charge in [0.15, 0.2) is 0 Å². The van der Waals surface area contributed by atoms with Gasteiger partial charge in [0.2, 0.25) is 0 Å². The van der Waals surface area contributed by atoms with Crippen molar-refractivity contribution in [2.45, 2.75) is 6.18 Å². The van der Waals surface area contributed by atoms with Crippen molar-refractivity contribution in [2.24, 2.45) is 0 Å². The van der Waals surface area contributed by atoms with Crippen LogP contribution in [0.25, 0.3) is 0 Å². The quantitative estimate of drug-likeness (QED) is 0.798. The van der Waals surface area contributed by atoms with Gasteiger partial charge in [-0.3, -0.25) is 4.79 Å². The number of hydrogen-bond acceptors (Lipinski definition) is 3. The molecule has 0 aliphatic rings. The standard InChI is InChI=1S/C12H13BrF3NO3/c1-19-8-2-3-10(13)9(6-8)11(18)17-4-5-20-7-12(14,15)16/h2-3,6H,4-5,7H2,1H3,(H,17,18). The van der Waals surface area contributed by atoms with Gasteiger partial charge in [-0.05, 0) is 34.1 Å². The van der Waals surface area contributed by atoms with Gasteiger partial charge in [-0.2, -0.15) is 13.2 Å². The van der Waals surface area contributed by atoms with E-state index in [1.165, 1.54) is 13.2 Å². The summed E-state index contributed by atoms with van der Waals surface area (Å²) in [6.07, 6.45) is -4.36. The van der Waals surface area contributed by atoms with Crippen LogP contribution in [0.1, 0.15) is 10.4 Å². The molecule has 4 nitrogen and oxygen atoms in total. The normalized spacial score (nSPS) is 11.2. The molecule has 1 N–H and O–H groups in total. The Morgan fingerprint density at radius 3 is 2.70 bits per heavy atom. The minimum absolute atomic E-state index is 0.0153. The van der Waals surface area contributed by atoms with Crippen LogP contribution in [0.4, 0.5) is 13.2 Å². The zero-order chi connectivity index (χ0) is 15.2. The molecule has 112 valence electrons. The lowest BCUT2D eigenvalue weighted by molar-refractivity contribution is -0.173. The third-order valence-corrected chi connectivity index (χ3v) is 2.91. The Labute approximate surface area is 122 Å². The van der Waals surface area contributed by atoms with Crippen LogP contribution in [-0.2, 0) is 4.74 Å². The van der Waals surface area contributed by atoms with Crippen LogP contribution in [0.2, 0.25) is 0 Å². The summed E-state index contributed by atoms with van der Waals surface area (Å²) < 4.78 is 45.4. The van der Waals surface area contributed by atoms with Crippen molar-refractivity contribution in [1.29, 1.82) is 0 Å². The van der Waals surface area contributed by atoms with Crippen molar-refractivity contribution < 1.29 is 27.4 Å². The Hall–Kier alpha value is -1.28. The van der Waals surface area contributed by atoms with Gasteiger partial charge in [-0.15, -0.1) is 0 Å². The fourth-order valence-corrected chi connectivity index (χ4v) is 1.75. The van der Waals surface area contributed by atoms with Gasteiger partial charge in [-0.25, -0.2) is 0 Å². The highest BCUT2D eigenvalue weighted by atomic mass is 79.9. The van der Waals surface area contributed by atoms with Crippen LogP contribution >= 0.6 is 15.9 Å². The molecule has 0 saturated carbocycles. The predicted molar refractivity (Wildman–Crippen MR) is 69.9 cm³/mol. The van der Waals surface area contributed by atoms with Crippen LogP contribution in [-0.4, -0.2) is 39.0 Å². The van der Waals surface area contributed by atoms with Gasteiger partial charge in [0, 0.05) is 11.0 Å². The third kappa shape index (κ3) is 5.79. The largest absolute Gasteiger partial charge is 0.497 e. The maximum atomic E-state index is 11.8. The molecule has 0 unspecified atom stereocenters. The molecule has 0 fully saturated rings. The highest BCUT2D eigenvalue weighted by Crippen LogP contribution is 2.22. The molecule has 0 atom stereocenters. The molecule has 0 bridgehead atoms. The fourth-order valence-electron chi connectivity index (χ4n) is 1.33. The molecular formula is C12H13BrF3NO3. The molecule has 0 aromatic heterocycles. The number of amides is 1. The summed E-state index contributed by atoms with van der Waals surface area (Å²) in [7, 11) is 1.47. The summed E-state index contributed by atoms with van der Waals surface area (Å²) in [5.41, 5.74) is 0.333. The van der Waals surface area contributed by atoms with E-state index in [2.05, 4.69) is 26.0 Å². The average molecular weight is 356 g/mol. The summed E-state index contributed by atoms with van der Waals surface area (Å²) in [5, 5.41) is 2.46. The van der Waals surface area contributed by atoms with Crippen LogP contribution < -0.4 is 10.1 Å². The van der Waals surface area contributed by atoms with Crippen molar-refractivity contribution >= 4 is 21.8 Å². The van der Waals surface area contributed by atoms with Crippen LogP contribution in [0.3, 0.4) is 0 Å². The van der Waals surface area contributed by atoms with E-state index in [1.54, 1.807) is 12.1 Å². The SMILES string of the molecule is COc1ccc(Br)c(C(=O)NCCOCC(F)(F)F)c1. The molecule has 0 aliphatic heterocycles. The second-order valence-electron chi connectivity index (χ2n) is 3.77. The van der Waals surface area contributed by atoms with E-state index in [9.17, 15) is 18.0 Å². The Bertz CT molecular complexity index is 466. The van der Waals surface area contributed by atoms with Crippen LogP contribution in [0, 0.1) is 0 Å². The zero-order valence-corrected chi connectivity index (χ0v) is 12.2. The summed E-state index contributed by atoms with van der Waals surface area (Å²) in [6.45, 7) is -1.56. The predicted octanol–water partition coefficient (Wildman–Crippen LogP) is 2.77. The number of rotatable bonds is 6. The molecule has 1 aromatic carbocycles. The smallest absolute Gasteiger partial charge is 0.411 e. The number of nitrogens with one attached hydrogen (secondary N) is 1. The van der Waals surface area contributed by atoms with Crippen LogP contribution in [0.5, 0.6) is 5.75 Å². The Morgan fingerprint density at radius 1 is 1.40 bits per heavy atom. The molecule has 0 radical (unpaired) electrons. The number of hydrogen-bond donors (Lipinski definition) is 1. The minimum Gasteiger partial charge on any atom is -0.497 e. The first-order valence-corrected chi connectivity index (χ1v) is 6.39. The number of carbonyl (C=O) groups is 1. The number of carbonyl (C=O) groups excluding carboxylic acids is 1. The molecule has 1 rings (SSSR count). The second-order valence-corrected chi connectivity index (χ2v) is 4.62. The average Bonchev–Trinajstić information content (AvgIpc) is 2.37. The van der Waals surface area contributed by atoms with Gasteiger partial charge in [0.05, 0.1) is 19.3 Å². The monoisotopic (exact) mass is 355 g/mol. The number of ether oxygens (including phenoxy) is 2. The summed E-state index contributed by atoms with van der Waals surface area (Å²) in [6, 6.07) is 4.84. The van der Waals surface area contributed by atoms with Gasteiger partial charge in [0.1, 0.15) is 12.4 Å². The summed E-state index contributed by atoms with van der Waals surface area (Å²) >= 11 is 3.21. The van der Waals surface area contributed by atoms with E-state index < -0.39 is 18.7 Å². The Morgan fingerprint density at radius 2 is 2.10 bits per heavy atom. The Kier molecular flexibility index (Phi) is 6.28. The van der Waals surface area contributed by atoms with E-state index in [0.29, 0.717) is 15.8 Å². The number of alkyl halides is 3. The molecule has 8 heteroatoms. The highest BCUT2D eigenvalue weighted by molar-refractivity contribution is 9.10. The van der Waals surface area contributed by atoms with E-state index in [-0.39, 0.29) is 13.2 Å². The summed E-state index contributed by atoms with van der Waals surface area (Å²) in [5.74, 6) is 0.0815. The lowest BCUT2D eigenvalue weighted by atomic mass is 10.2. The maximum absolute atomic E-state index is 11.8. The minimum atomic E-state index is -4.36. The van der Waals surface area contributed by atoms with Gasteiger partial charge in [0.25, 0.3) is 5.91 Å². The van der Waals surface area contributed by atoms with Crippen molar-refractivity contribution in [2.75, 3.05) is 26.9 Å². The number of methoxy groups -OCH3 is 1. The molecule has 0 spiro atoms. The molecule has 20 heavy (non-hydrogen) atoms. The fraction of sp³-hybridized carbons (Fsp3) is 0.417. The molecule has 0 aliphatic carbocycles. The second kappa shape index (κ2) is 7.49. The first-order chi connectivity index (χ1) is 9.33. The van der Waals surface area contributed by atoms with Crippen molar-refractivity contribution in [1.82, 2.24) is 5.32 Å². The Balaban J connectivity index is 2.43. The number of benzene rings is 1. The first-order valence-electron chi connectivity index (χ1n) is 5.59. The summed E-state index contributed by atoms with van der Waals surface area (Å²) in [4.78, 5) is 11.8. The highest BCUT2D eigenvalue weighted by Gasteiger charge is 2.27. The maximum Gasteiger partial charge on any atom is 0.411 e. The third-order valence-electron chi connectivity index (χ3n) is 2.22. The van der Waals surface area contributed by atoms with Crippen molar-refractivity contribution in [3.05, 3.63) is 28.2 Å².